The maximum absolute atomic E-state index is 13.0. The summed E-state index contributed by atoms with van der Waals surface area (Å²) in [7, 11) is 0. The zero-order valence-electron chi connectivity index (χ0n) is 38.3. The van der Waals surface area contributed by atoms with Gasteiger partial charge in [0, 0.05) is 17.8 Å². The first kappa shape index (κ1) is 51.5. The minimum absolute atomic E-state index is 0. The van der Waals surface area contributed by atoms with Crippen LogP contribution in [0.25, 0.3) is 12.2 Å². The summed E-state index contributed by atoms with van der Waals surface area (Å²) in [5, 5.41) is 10.7. The molecule has 10 nitrogen and oxygen atoms in total. The number of hydrogen-bond donors (Lipinski definition) is 1. The van der Waals surface area contributed by atoms with Crippen LogP contribution in [0.2, 0.25) is 0 Å². The van der Waals surface area contributed by atoms with Gasteiger partial charge in [0.15, 0.2) is 11.6 Å². The summed E-state index contributed by atoms with van der Waals surface area (Å²) in [5.74, 6) is -1.71. The van der Waals surface area contributed by atoms with E-state index in [1.54, 1.807) is 6.08 Å². The number of aliphatic hydroxyl groups excluding tert-OH is 1. The summed E-state index contributed by atoms with van der Waals surface area (Å²) in [6, 6.07) is 8.05. The van der Waals surface area contributed by atoms with Gasteiger partial charge in [-0.05, 0) is 104 Å². The van der Waals surface area contributed by atoms with E-state index in [4.69, 9.17) is 28.4 Å². The number of aryl methyl sites for hydroxylation is 4. The molecule has 2 fully saturated rings. The Morgan fingerprint density at radius 1 is 0.567 bits per heavy atom. The van der Waals surface area contributed by atoms with Crippen LogP contribution in [-0.4, -0.2) is 76.8 Å². The molecular formula is C49H67NaO10. The standard InChI is InChI=1S/C25H34O4.C24H32O5.Na.H2O/c1-15-13-18(4)22-20(14-15)9-8-10-21-23(29-25(6,7)28-21)17(3)12-11-16(2)19(5)27-24(22)26;1-14-12-16(3)21-18(13-14)8-7-9-20-22(29-24(5,6)28-20)19(25)11-10-15(2)17(4)27-23(21)26;;/h8-9,11-14,16-17,19,21,23H,10H2,1-7H3;7-8,10-13,15,17,19-20,22,25H,9H2,1-6H3;;1H2/q;;+1;/p-1/b9-8+,12-11-;8-7+,11-10-;;/t16-,17?,19+,21+,23?;15-,17+,19?,20+,22?;;/m11../s1. The molecule has 2 aromatic carbocycles. The first-order valence-electron chi connectivity index (χ1n) is 20.9. The van der Waals surface area contributed by atoms with Crippen molar-refractivity contribution >= 4 is 24.1 Å². The van der Waals surface area contributed by atoms with Crippen molar-refractivity contribution in [3.05, 3.63) is 105 Å². The first-order chi connectivity index (χ1) is 27.1. The number of ether oxygens (including phenoxy) is 6. The Bertz CT molecular complexity index is 1790. The number of carbonyl (C=O) groups is 2. The minimum atomic E-state index is -0.805. The molecule has 0 radical (unpaired) electrons. The van der Waals surface area contributed by atoms with Crippen molar-refractivity contribution in [2.45, 2.75) is 157 Å². The van der Waals surface area contributed by atoms with E-state index in [2.05, 4.69) is 32.1 Å². The van der Waals surface area contributed by atoms with Crippen molar-refractivity contribution in [1.29, 1.82) is 0 Å². The first-order valence-corrected chi connectivity index (χ1v) is 20.9. The number of rotatable bonds is 0. The zero-order chi connectivity index (χ0) is 42.7. The minimum Gasteiger partial charge on any atom is -0.870 e. The van der Waals surface area contributed by atoms with Gasteiger partial charge < -0.3 is 39.0 Å². The average Bonchev–Trinajstić information content (AvgIpc) is 3.61. The van der Waals surface area contributed by atoms with E-state index in [-0.39, 0.29) is 95.2 Å². The number of esters is 2. The van der Waals surface area contributed by atoms with Crippen molar-refractivity contribution < 1.29 is 78.2 Å². The second-order valence-electron chi connectivity index (χ2n) is 17.7. The third-order valence-corrected chi connectivity index (χ3v) is 11.5. The SMILES string of the molecule is Cc1cc(C)c2c(c1)/C=C/C[C@@H]1OC(C)(C)OC1C(C)/C=C\[C@@H](C)[C@H](C)OC2=O.Cc1cc(C)c2c(c1)/C=C/C[C@@H]1OC(C)(C)OC1C(O)/C=C\[C@@H](C)[C@H](C)OC2=O.[Na+].[OH-]. The molecule has 4 aliphatic heterocycles. The molecule has 0 spiro atoms. The number of benzene rings is 2. The second-order valence-corrected chi connectivity index (χ2v) is 17.7. The Labute approximate surface area is 380 Å². The Morgan fingerprint density at radius 3 is 1.40 bits per heavy atom. The predicted molar refractivity (Wildman–Crippen MR) is 230 cm³/mol. The monoisotopic (exact) mass is 838 g/mol. The van der Waals surface area contributed by atoms with Crippen LogP contribution in [0.15, 0.2) is 60.7 Å². The molecule has 60 heavy (non-hydrogen) atoms. The molecular weight excluding hydrogens is 772 g/mol. The molecule has 4 aliphatic rings. The van der Waals surface area contributed by atoms with Crippen molar-refractivity contribution in [3.63, 3.8) is 0 Å². The van der Waals surface area contributed by atoms with E-state index in [0.29, 0.717) is 17.5 Å². The van der Waals surface area contributed by atoms with Crippen molar-refractivity contribution in [2.24, 2.45) is 17.8 Å². The molecule has 2 aromatic rings. The topological polar surface area (TPSA) is 140 Å². The van der Waals surface area contributed by atoms with Gasteiger partial charge in [0.25, 0.3) is 0 Å². The van der Waals surface area contributed by atoms with Gasteiger partial charge >= 0.3 is 41.5 Å². The van der Waals surface area contributed by atoms with E-state index in [1.807, 2.05) is 125 Å². The third kappa shape index (κ3) is 13.1. The van der Waals surface area contributed by atoms with E-state index < -0.39 is 23.8 Å². The summed E-state index contributed by atoms with van der Waals surface area (Å²) < 4.78 is 36.0. The van der Waals surface area contributed by atoms with Gasteiger partial charge in [-0.2, -0.15) is 0 Å². The summed E-state index contributed by atoms with van der Waals surface area (Å²) in [4.78, 5) is 25.9. The molecule has 2 N–H and O–H groups in total. The van der Waals surface area contributed by atoms with E-state index in [1.165, 1.54) is 0 Å². The fourth-order valence-corrected chi connectivity index (χ4v) is 8.15. The second kappa shape index (κ2) is 21.5. The number of fused-ring (bicyclic) bond motifs is 4. The van der Waals surface area contributed by atoms with Gasteiger partial charge in [0.1, 0.15) is 24.4 Å². The molecule has 0 aliphatic carbocycles. The van der Waals surface area contributed by atoms with Crippen molar-refractivity contribution in [3.8, 4) is 0 Å². The fraction of sp³-hybridized carbons (Fsp3) is 0.551. The fourth-order valence-electron chi connectivity index (χ4n) is 8.15. The maximum Gasteiger partial charge on any atom is 1.00 e. The quantitative estimate of drug-likeness (QED) is 0.172. The molecule has 4 heterocycles. The molecule has 0 bridgehead atoms. The largest absolute Gasteiger partial charge is 1.00 e. The number of aliphatic hydroxyl groups is 1. The van der Waals surface area contributed by atoms with Crippen LogP contribution in [-0.2, 0) is 28.4 Å². The smallest absolute Gasteiger partial charge is 0.870 e. The van der Waals surface area contributed by atoms with E-state index in [0.717, 1.165) is 39.8 Å². The number of cyclic esters (lactones) is 2. The molecule has 324 valence electrons. The average molecular weight is 839 g/mol. The normalized spacial score (nSPS) is 33.3. The van der Waals surface area contributed by atoms with Crippen LogP contribution >= 0.6 is 0 Å². The Morgan fingerprint density at radius 2 is 0.950 bits per heavy atom. The van der Waals surface area contributed by atoms with Crippen LogP contribution < -0.4 is 29.6 Å². The van der Waals surface area contributed by atoms with Crippen LogP contribution in [0, 0.1) is 45.4 Å². The zero-order valence-corrected chi connectivity index (χ0v) is 40.3. The Hall–Kier alpha value is -2.90. The number of carbonyl (C=O) groups excluding carboxylic acids is 2. The Balaban J connectivity index is 0.000000310. The van der Waals surface area contributed by atoms with E-state index >= 15 is 0 Å². The van der Waals surface area contributed by atoms with Crippen molar-refractivity contribution in [2.75, 3.05) is 0 Å². The summed E-state index contributed by atoms with van der Waals surface area (Å²) in [6.07, 6.45) is 15.0. The van der Waals surface area contributed by atoms with E-state index in [9.17, 15) is 14.7 Å². The maximum atomic E-state index is 13.0. The number of hydrogen-bond acceptors (Lipinski definition) is 10. The molecule has 4 unspecified atom stereocenters. The van der Waals surface area contributed by atoms with Gasteiger partial charge in [-0.1, -0.05) is 105 Å². The van der Waals surface area contributed by atoms with Crippen LogP contribution in [0.1, 0.15) is 129 Å². The molecule has 11 heteroatoms. The molecule has 10 atom stereocenters. The van der Waals surface area contributed by atoms with Gasteiger partial charge in [0.2, 0.25) is 0 Å². The van der Waals surface area contributed by atoms with Crippen molar-refractivity contribution in [1.82, 2.24) is 0 Å². The van der Waals surface area contributed by atoms with Gasteiger partial charge in [-0.25, -0.2) is 9.59 Å². The molecule has 2 saturated heterocycles. The molecule has 0 amide bonds. The molecule has 6 rings (SSSR count). The molecule has 0 aromatic heterocycles. The predicted octanol–water partition coefficient (Wildman–Crippen LogP) is 6.78. The van der Waals surface area contributed by atoms with Crippen LogP contribution in [0.5, 0.6) is 0 Å². The van der Waals surface area contributed by atoms with Gasteiger partial charge in [-0.3, -0.25) is 0 Å². The summed E-state index contributed by atoms with van der Waals surface area (Å²) >= 11 is 0. The summed E-state index contributed by atoms with van der Waals surface area (Å²) in [5.41, 5.74) is 6.99. The van der Waals surface area contributed by atoms with Crippen LogP contribution in [0.4, 0.5) is 0 Å². The Kier molecular flexibility index (Phi) is 18.4. The molecule has 0 saturated carbocycles. The third-order valence-electron chi connectivity index (χ3n) is 11.5. The summed E-state index contributed by atoms with van der Waals surface area (Å²) in [6.45, 7) is 25.6. The van der Waals surface area contributed by atoms with Gasteiger partial charge in [-0.15, -0.1) is 0 Å². The van der Waals surface area contributed by atoms with Crippen LogP contribution in [0.3, 0.4) is 0 Å². The van der Waals surface area contributed by atoms with Gasteiger partial charge in [0.05, 0.1) is 29.4 Å².